The molecular formula is C49H85O8P. The molecule has 0 radical (unpaired) electrons. The molecule has 0 saturated carbocycles. The molecule has 0 bridgehead atoms. The standard InChI is InChI=1S/C49H85O8P/c1-4-7-9-11-13-15-17-19-21-23-25-27-29-31-33-35-37-39-41-43-48(50)54-45-47(46-56-58(52,53)55-6-3)57-49(51)44-42-40-38-36-34-32-30-28-26-24-22-20-18-16-14-12-10-8-5-2/h8,10,14,16,20,22,26,28,32,34,38,40,47H,4-7,9,11-13,15,17-19,21,23-25,27,29-31,33,35-37,39,41-46H2,1-3H3,(H,52,53)/b10-8-,16-14-,22-20-,28-26-,34-32-,40-38-. The maximum absolute atomic E-state index is 12.5. The second kappa shape index (κ2) is 44.1. The molecule has 0 amide bonds. The van der Waals surface area contributed by atoms with Crippen LogP contribution in [0.5, 0.6) is 0 Å². The molecule has 1 N–H and O–H groups in total. The molecule has 0 aromatic rings. The van der Waals surface area contributed by atoms with Crippen molar-refractivity contribution in [1.29, 1.82) is 0 Å². The maximum atomic E-state index is 12.5. The predicted octanol–water partition coefficient (Wildman–Crippen LogP) is 14.9. The van der Waals surface area contributed by atoms with Gasteiger partial charge in [0, 0.05) is 12.8 Å². The van der Waals surface area contributed by atoms with E-state index in [9.17, 15) is 19.0 Å². The Balaban J connectivity index is 4.15. The van der Waals surface area contributed by atoms with Gasteiger partial charge in [-0.15, -0.1) is 0 Å². The summed E-state index contributed by atoms with van der Waals surface area (Å²) in [7, 11) is -4.31. The van der Waals surface area contributed by atoms with Crippen LogP contribution in [0.15, 0.2) is 72.9 Å². The van der Waals surface area contributed by atoms with Crippen molar-refractivity contribution in [2.75, 3.05) is 19.8 Å². The first-order chi connectivity index (χ1) is 28.3. The molecule has 0 spiro atoms. The van der Waals surface area contributed by atoms with E-state index in [1.165, 1.54) is 103 Å². The van der Waals surface area contributed by atoms with Gasteiger partial charge in [-0.3, -0.25) is 18.6 Å². The first-order valence-electron chi connectivity index (χ1n) is 23.2. The molecule has 0 saturated heterocycles. The van der Waals surface area contributed by atoms with Crippen LogP contribution in [0.1, 0.15) is 201 Å². The number of phosphoric ester groups is 1. The number of carbonyl (C=O) groups excluding carboxylic acids is 2. The Morgan fingerprint density at radius 1 is 0.483 bits per heavy atom. The number of hydrogen-bond donors (Lipinski definition) is 1. The summed E-state index contributed by atoms with van der Waals surface area (Å²) in [6.07, 6.45) is 55.5. The molecule has 0 aliphatic rings. The molecule has 0 aromatic carbocycles. The van der Waals surface area contributed by atoms with Gasteiger partial charge in [0.05, 0.1) is 13.2 Å². The van der Waals surface area contributed by atoms with Crippen LogP contribution < -0.4 is 0 Å². The topological polar surface area (TPSA) is 108 Å². The summed E-state index contributed by atoms with van der Waals surface area (Å²) in [5, 5.41) is 0. The summed E-state index contributed by atoms with van der Waals surface area (Å²) in [5.41, 5.74) is 0. The minimum atomic E-state index is -4.31. The molecule has 0 rings (SSSR count). The summed E-state index contributed by atoms with van der Waals surface area (Å²) < 4.78 is 32.6. The van der Waals surface area contributed by atoms with Crippen LogP contribution in [-0.4, -0.2) is 42.8 Å². The Morgan fingerprint density at radius 3 is 1.29 bits per heavy atom. The molecule has 2 atom stereocenters. The molecule has 0 aliphatic heterocycles. The van der Waals surface area contributed by atoms with Crippen molar-refractivity contribution in [3.8, 4) is 0 Å². The fraction of sp³-hybridized carbons (Fsp3) is 0.714. The Morgan fingerprint density at radius 2 is 0.879 bits per heavy atom. The lowest BCUT2D eigenvalue weighted by molar-refractivity contribution is -0.161. The van der Waals surface area contributed by atoms with Crippen LogP contribution in [0, 0.1) is 0 Å². The molecule has 9 heteroatoms. The van der Waals surface area contributed by atoms with Gasteiger partial charge in [0.2, 0.25) is 0 Å². The van der Waals surface area contributed by atoms with Crippen LogP contribution in [0.2, 0.25) is 0 Å². The van der Waals surface area contributed by atoms with E-state index in [4.69, 9.17) is 18.5 Å². The Bertz CT molecular complexity index is 1170. The molecule has 0 aromatic heterocycles. The number of allylic oxidation sites excluding steroid dienone is 12. The minimum absolute atomic E-state index is 0.0153. The molecular weight excluding hydrogens is 748 g/mol. The molecule has 334 valence electrons. The first-order valence-corrected chi connectivity index (χ1v) is 24.7. The predicted molar refractivity (Wildman–Crippen MR) is 244 cm³/mol. The van der Waals surface area contributed by atoms with Gasteiger partial charge in [0.1, 0.15) is 6.61 Å². The zero-order chi connectivity index (χ0) is 42.5. The lowest BCUT2D eigenvalue weighted by atomic mass is 10.0. The normalized spacial score (nSPS) is 13.9. The fourth-order valence-corrected chi connectivity index (χ4v) is 6.94. The third kappa shape index (κ3) is 43.1. The quantitative estimate of drug-likeness (QED) is 0.0280. The third-order valence-electron chi connectivity index (χ3n) is 9.54. The smallest absolute Gasteiger partial charge is 0.462 e. The lowest BCUT2D eigenvalue weighted by Gasteiger charge is -2.19. The van der Waals surface area contributed by atoms with Gasteiger partial charge in [-0.1, -0.05) is 202 Å². The number of carbonyl (C=O) groups is 2. The van der Waals surface area contributed by atoms with E-state index < -0.39 is 26.5 Å². The highest BCUT2D eigenvalue weighted by molar-refractivity contribution is 7.47. The van der Waals surface area contributed by atoms with Gasteiger partial charge in [0.15, 0.2) is 6.10 Å². The van der Waals surface area contributed by atoms with E-state index in [1.807, 2.05) is 12.2 Å². The second-order valence-electron chi connectivity index (χ2n) is 15.0. The van der Waals surface area contributed by atoms with E-state index >= 15 is 0 Å². The number of phosphoric acid groups is 1. The first kappa shape index (κ1) is 55.5. The van der Waals surface area contributed by atoms with E-state index in [1.54, 1.807) is 6.92 Å². The number of unbranched alkanes of at least 4 members (excludes halogenated alkanes) is 18. The third-order valence-corrected chi connectivity index (χ3v) is 10.6. The molecule has 2 unspecified atom stereocenters. The zero-order valence-electron chi connectivity index (χ0n) is 37.2. The van der Waals surface area contributed by atoms with Gasteiger partial charge >= 0.3 is 19.8 Å². The Hall–Kier alpha value is -2.51. The van der Waals surface area contributed by atoms with Crippen molar-refractivity contribution in [3.63, 3.8) is 0 Å². The maximum Gasteiger partial charge on any atom is 0.472 e. The van der Waals surface area contributed by atoms with Crippen molar-refractivity contribution >= 4 is 19.8 Å². The van der Waals surface area contributed by atoms with Crippen molar-refractivity contribution < 1.29 is 37.6 Å². The lowest BCUT2D eigenvalue weighted by Crippen LogP contribution is -2.29. The average Bonchev–Trinajstić information content (AvgIpc) is 3.20. The van der Waals surface area contributed by atoms with Gasteiger partial charge in [-0.05, 0) is 58.3 Å². The number of rotatable bonds is 42. The van der Waals surface area contributed by atoms with Gasteiger partial charge in [-0.25, -0.2) is 4.57 Å². The van der Waals surface area contributed by atoms with Crippen LogP contribution in [0.3, 0.4) is 0 Å². The highest BCUT2D eigenvalue weighted by atomic mass is 31.2. The molecule has 0 fully saturated rings. The van der Waals surface area contributed by atoms with Crippen molar-refractivity contribution in [3.05, 3.63) is 72.9 Å². The van der Waals surface area contributed by atoms with Crippen LogP contribution in [0.25, 0.3) is 0 Å². The van der Waals surface area contributed by atoms with Crippen LogP contribution in [-0.2, 0) is 32.7 Å². The van der Waals surface area contributed by atoms with E-state index in [2.05, 4.69) is 74.6 Å². The van der Waals surface area contributed by atoms with Crippen molar-refractivity contribution in [2.45, 2.75) is 207 Å². The fourth-order valence-electron chi connectivity index (χ4n) is 6.19. The summed E-state index contributed by atoms with van der Waals surface area (Å²) in [6.45, 7) is 5.29. The van der Waals surface area contributed by atoms with Gasteiger partial charge in [-0.2, -0.15) is 0 Å². The number of esters is 2. The minimum Gasteiger partial charge on any atom is -0.462 e. The number of hydrogen-bond acceptors (Lipinski definition) is 7. The van der Waals surface area contributed by atoms with E-state index in [0.717, 1.165) is 57.8 Å². The van der Waals surface area contributed by atoms with Crippen LogP contribution in [0.4, 0.5) is 0 Å². The summed E-state index contributed by atoms with van der Waals surface area (Å²) >= 11 is 0. The second-order valence-corrected chi connectivity index (χ2v) is 16.5. The Kier molecular flexibility index (Phi) is 42.1. The highest BCUT2D eigenvalue weighted by Gasteiger charge is 2.25. The van der Waals surface area contributed by atoms with E-state index in [0.29, 0.717) is 6.42 Å². The van der Waals surface area contributed by atoms with Crippen LogP contribution >= 0.6 is 7.82 Å². The molecule has 0 heterocycles. The SMILES string of the molecule is CC/C=C\C/C=C\C/C=C\C/C=C\C/C=C\C/C=C\CCC(=O)OC(COC(=O)CCCCCCCCCCCCCCCCCCCCC)COP(=O)(O)OCC. The number of ether oxygens (including phenoxy) is 2. The van der Waals surface area contributed by atoms with Crippen molar-refractivity contribution in [2.24, 2.45) is 0 Å². The largest absolute Gasteiger partial charge is 0.472 e. The molecule has 8 nitrogen and oxygen atoms in total. The zero-order valence-corrected chi connectivity index (χ0v) is 38.1. The summed E-state index contributed by atoms with van der Waals surface area (Å²) in [5.74, 6) is -0.893. The van der Waals surface area contributed by atoms with Gasteiger partial charge in [0.25, 0.3) is 0 Å². The molecule has 0 aliphatic carbocycles. The highest BCUT2D eigenvalue weighted by Crippen LogP contribution is 2.43. The van der Waals surface area contributed by atoms with Crippen molar-refractivity contribution in [1.82, 2.24) is 0 Å². The molecule has 58 heavy (non-hydrogen) atoms. The average molecular weight is 833 g/mol. The summed E-state index contributed by atoms with van der Waals surface area (Å²) in [4.78, 5) is 34.8. The monoisotopic (exact) mass is 833 g/mol. The van der Waals surface area contributed by atoms with E-state index in [-0.39, 0.29) is 32.0 Å². The Labute approximate surface area is 355 Å². The summed E-state index contributed by atoms with van der Waals surface area (Å²) in [6, 6.07) is 0. The van der Waals surface area contributed by atoms with Gasteiger partial charge < -0.3 is 14.4 Å².